The number of nitrogens with one attached hydrogen (secondary N) is 1. The minimum absolute atomic E-state index is 0. The van der Waals surface area contributed by atoms with Crippen LogP contribution in [0.5, 0.6) is 17.2 Å². The van der Waals surface area contributed by atoms with Gasteiger partial charge in [0.15, 0.2) is 11.5 Å². The number of benzene rings is 2. The van der Waals surface area contributed by atoms with E-state index in [1.165, 1.54) is 6.33 Å². The highest BCUT2D eigenvalue weighted by atomic mass is 79.9. The largest absolute Gasteiger partial charge is 0.493 e. The number of ether oxygens (including phenoxy) is 3. The molecule has 3 aromatic rings. The third-order valence-electron chi connectivity index (χ3n) is 3.62. The van der Waals surface area contributed by atoms with Crippen LogP contribution in [0.3, 0.4) is 0 Å². The normalized spacial score (nSPS) is 10.2. The third-order valence-corrected chi connectivity index (χ3v) is 4.42. The number of nitrogens with zero attached hydrogens (tertiary/aromatic N) is 2. The fourth-order valence-corrected chi connectivity index (χ4v) is 3.20. The molecule has 0 aliphatic heterocycles. The Labute approximate surface area is 170 Å². The topological polar surface area (TPSA) is 65.5 Å². The molecule has 0 aliphatic rings. The molecule has 1 heterocycles. The van der Waals surface area contributed by atoms with Crippen molar-refractivity contribution in [3.8, 4) is 17.2 Å². The Morgan fingerprint density at radius 3 is 2.35 bits per heavy atom. The average molecular weight is 461 g/mol. The maximum Gasteiger partial charge on any atom is 0.205 e. The van der Waals surface area contributed by atoms with Gasteiger partial charge < -0.3 is 19.5 Å². The lowest BCUT2D eigenvalue weighted by Crippen LogP contribution is -2.01. The van der Waals surface area contributed by atoms with Crippen molar-refractivity contribution in [3.63, 3.8) is 0 Å². The van der Waals surface area contributed by atoms with E-state index >= 15 is 0 Å². The van der Waals surface area contributed by atoms with Gasteiger partial charge in [-0.2, -0.15) is 0 Å². The maximum atomic E-state index is 6.29. The van der Waals surface area contributed by atoms with Crippen molar-refractivity contribution in [1.29, 1.82) is 0 Å². The van der Waals surface area contributed by atoms with E-state index in [2.05, 4.69) is 31.2 Å². The fraction of sp³-hybridized carbons (Fsp3) is 0.176. The zero-order chi connectivity index (χ0) is 18.0. The molecule has 0 saturated carbocycles. The number of halogens is 3. The Morgan fingerprint density at radius 2 is 1.73 bits per heavy atom. The first-order chi connectivity index (χ1) is 12.1. The molecule has 26 heavy (non-hydrogen) atoms. The van der Waals surface area contributed by atoms with Gasteiger partial charge in [0.1, 0.15) is 17.7 Å². The second-order valence-corrected chi connectivity index (χ2v) is 6.34. The number of rotatable bonds is 5. The van der Waals surface area contributed by atoms with Gasteiger partial charge in [0.2, 0.25) is 5.75 Å². The number of hydrogen-bond acceptors (Lipinski definition) is 6. The van der Waals surface area contributed by atoms with Crippen LogP contribution in [-0.2, 0) is 0 Å². The molecule has 0 atom stereocenters. The van der Waals surface area contributed by atoms with Crippen LogP contribution in [0.4, 0.5) is 11.5 Å². The molecule has 0 aliphatic carbocycles. The van der Waals surface area contributed by atoms with Crippen molar-refractivity contribution < 1.29 is 14.2 Å². The molecule has 6 nitrogen and oxygen atoms in total. The van der Waals surface area contributed by atoms with Crippen molar-refractivity contribution in [1.82, 2.24) is 9.97 Å². The highest BCUT2D eigenvalue weighted by Gasteiger charge is 2.19. The summed E-state index contributed by atoms with van der Waals surface area (Å²) in [4.78, 5) is 8.65. The summed E-state index contributed by atoms with van der Waals surface area (Å²) >= 11 is 9.68. The number of aromatic nitrogens is 2. The molecule has 0 spiro atoms. The summed E-state index contributed by atoms with van der Waals surface area (Å²) in [6.07, 6.45) is 1.45. The first-order valence-electron chi connectivity index (χ1n) is 7.24. The lowest BCUT2D eigenvalue weighted by atomic mass is 10.1. The lowest BCUT2D eigenvalue weighted by Gasteiger charge is -2.16. The molecule has 0 unspecified atom stereocenters. The van der Waals surface area contributed by atoms with E-state index in [4.69, 9.17) is 25.8 Å². The van der Waals surface area contributed by atoms with Gasteiger partial charge in [0.05, 0.1) is 37.4 Å². The predicted molar refractivity (Wildman–Crippen MR) is 109 cm³/mol. The summed E-state index contributed by atoms with van der Waals surface area (Å²) < 4.78 is 17.2. The Bertz CT molecular complexity index is 941. The number of hydrogen-bond donors (Lipinski definition) is 1. The van der Waals surface area contributed by atoms with Gasteiger partial charge in [0.25, 0.3) is 0 Å². The Hall–Kier alpha value is -1.96. The van der Waals surface area contributed by atoms with Crippen LogP contribution in [0, 0.1) is 0 Å². The number of fused-ring (bicyclic) bond motifs is 1. The Morgan fingerprint density at radius 1 is 1.00 bits per heavy atom. The van der Waals surface area contributed by atoms with Crippen molar-refractivity contribution in [3.05, 3.63) is 40.1 Å². The Balaban J connectivity index is 0.00000243. The molecule has 138 valence electrons. The minimum atomic E-state index is 0. The van der Waals surface area contributed by atoms with Gasteiger partial charge in [-0.3, -0.25) is 0 Å². The average Bonchev–Trinajstić information content (AvgIpc) is 2.62. The molecule has 9 heteroatoms. The molecule has 0 amide bonds. The summed E-state index contributed by atoms with van der Waals surface area (Å²) in [5.41, 5.74) is 1.32. The maximum absolute atomic E-state index is 6.29. The van der Waals surface area contributed by atoms with E-state index in [1.807, 2.05) is 12.1 Å². The number of anilines is 2. The first-order valence-corrected chi connectivity index (χ1v) is 8.42. The fourth-order valence-electron chi connectivity index (χ4n) is 2.48. The molecule has 0 bridgehead atoms. The summed E-state index contributed by atoms with van der Waals surface area (Å²) in [7, 11) is 4.66. The quantitative estimate of drug-likeness (QED) is 0.561. The van der Waals surface area contributed by atoms with Crippen molar-refractivity contribution in [2.75, 3.05) is 26.6 Å². The molecule has 0 fully saturated rings. The van der Waals surface area contributed by atoms with Gasteiger partial charge >= 0.3 is 0 Å². The minimum Gasteiger partial charge on any atom is -0.493 e. The van der Waals surface area contributed by atoms with E-state index in [1.54, 1.807) is 33.5 Å². The lowest BCUT2D eigenvalue weighted by molar-refractivity contribution is 0.327. The smallest absolute Gasteiger partial charge is 0.205 e. The van der Waals surface area contributed by atoms with Crippen LogP contribution in [0.2, 0.25) is 5.02 Å². The van der Waals surface area contributed by atoms with Gasteiger partial charge in [-0.05, 0) is 24.3 Å². The first kappa shape index (κ1) is 20.4. The van der Waals surface area contributed by atoms with E-state index in [0.29, 0.717) is 33.6 Å². The van der Waals surface area contributed by atoms with Gasteiger partial charge in [-0.25, -0.2) is 9.97 Å². The molecule has 1 N–H and O–H groups in total. The summed E-state index contributed by atoms with van der Waals surface area (Å²) in [6.45, 7) is 0. The van der Waals surface area contributed by atoms with Crippen molar-refractivity contribution in [2.45, 2.75) is 0 Å². The van der Waals surface area contributed by atoms with E-state index < -0.39 is 0 Å². The third kappa shape index (κ3) is 3.75. The molecular weight excluding hydrogens is 445 g/mol. The zero-order valence-corrected chi connectivity index (χ0v) is 17.3. The molecular formula is C17H16BrCl2N3O3. The summed E-state index contributed by atoms with van der Waals surface area (Å²) in [5.74, 6) is 2.05. The van der Waals surface area contributed by atoms with E-state index in [0.717, 1.165) is 15.5 Å². The standard InChI is InChI=1S/C17H15BrClN3O3.ClH/c1-23-13-7-10-14(16(25-3)15(13)24-2)20-8-21-17(10)22-12-5-4-9(18)6-11(12)19;/h4-8H,1-3H3,(H,20,21,22);1H. The zero-order valence-electron chi connectivity index (χ0n) is 14.2. The number of methoxy groups -OCH3 is 3. The summed E-state index contributed by atoms with van der Waals surface area (Å²) in [5, 5.41) is 4.51. The molecule has 3 rings (SSSR count). The SMILES string of the molecule is COc1cc2c(Nc3ccc(Br)cc3Cl)ncnc2c(OC)c1OC.Cl. The van der Waals surface area contributed by atoms with Gasteiger partial charge in [-0.1, -0.05) is 27.5 Å². The van der Waals surface area contributed by atoms with E-state index in [-0.39, 0.29) is 12.4 Å². The van der Waals surface area contributed by atoms with Crippen molar-refractivity contribution >= 4 is 62.3 Å². The highest BCUT2D eigenvalue weighted by molar-refractivity contribution is 9.10. The molecule has 0 radical (unpaired) electrons. The molecule has 0 saturated heterocycles. The highest BCUT2D eigenvalue weighted by Crippen LogP contribution is 2.44. The molecule has 1 aromatic heterocycles. The van der Waals surface area contributed by atoms with E-state index in [9.17, 15) is 0 Å². The Kier molecular flexibility index (Phi) is 6.75. The predicted octanol–water partition coefficient (Wildman–Crippen LogP) is 5.24. The summed E-state index contributed by atoms with van der Waals surface area (Å²) in [6, 6.07) is 7.35. The molecule has 2 aromatic carbocycles. The van der Waals surface area contributed by atoms with Crippen molar-refractivity contribution in [2.24, 2.45) is 0 Å². The second-order valence-electron chi connectivity index (χ2n) is 5.01. The van der Waals surface area contributed by atoms with Crippen LogP contribution in [0.25, 0.3) is 10.9 Å². The van der Waals surface area contributed by atoms with Gasteiger partial charge in [0, 0.05) is 4.47 Å². The van der Waals surface area contributed by atoms with Crippen LogP contribution >= 0.6 is 39.9 Å². The second kappa shape index (κ2) is 8.62. The van der Waals surface area contributed by atoms with Crippen LogP contribution in [0.15, 0.2) is 35.1 Å². The van der Waals surface area contributed by atoms with Crippen LogP contribution in [0.1, 0.15) is 0 Å². The monoisotopic (exact) mass is 459 g/mol. The van der Waals surface area contributed by atoms with Crippen LogP contribution < -0.4 is 19.5 Å². The van der Waals surface area contributed by atoms with Gasteiger partial charge in [-0.15, -0.1) is 12.4 Å². The van der Waals surface area contributed by atoms with Crippen LogP contribution in [-0.4, -0.2) is 31.3 Å².